The molecule has 2 heterocycles. The molecule has 0 saturated carbocycles. The number of aromatic nitrogens is 3. The van der Waals surface area contributed by atoms with Gasteiger partial charge in [-0.25, -0.2) is 9.61 Å². The van der Waals surface area contributed by atoms with Crippen molar-refractivity contribution in [1.82, 2.24) is 15.3 Å². The topological polar surface area (TPSA) is 107 Å². The first-order valence-electron chi connectivity index (χ1n) is 4.49. The first kappa shape index (κ1) is 10.1. The number of pyridine rings is 1. The van der Waals surface area contributed by atoms with Crippen LogP contribution in [0.2, 0.25) is 0 Å². The molecule has 0 aliphatic carbocycles. The van der Waals surface area contributed by atoms with E-state index in [4.69, 9.17) is 5.73 Å². The van der Waals surface area contributed by atoms with Crippen LogP contribution in [0, 0.1) is 6.92 Å². The summed E-state index contributed by atoms with van der Waals surface area (Å²) in [7, 11) is 0. The Balaban J connectivity index is 2.21. The van der Waals surface area contributed by atoms with Gasteiger partial charge in [-0.3, -0.25) is 4.79 Å². The van der Waals surface area contributed by atoms with E-state index >= 15 is 0 Å². The average Bonchev–Trinajstić information content (AvgIpc) is 2.68. The van der Waals surface area contributed by atoms with Crippen molar-refractivity contribution in [3.63, 3.8) is 0 Å². The smallest absolute Gasteiger partial charge is 0.282 e. The molecule has 0 aliphatic heterocycles. The lowest BCUT2D eigenvalue weighted by Gasteiger charge is -2.04. The lowest BCUT2D eigenvalue weighted by molar-refractivity contribution is 0.101. The molecule has 0 fully saturated rings. The molecule has 2 rings (SSSR count). The Morgan fingerprint density at radius 2 is 2.31 bits per heavy atom. The Kier molecular flexibility index (Phi) is 2.50. The normalized spacial score (nSPS) is 10.1. The predicted octanol–water partition coefficient (Wildman–Crippen LogP) is 0.608. The summed E-state index contributed by atoms with van der Waals surface area (Å²) < 4.78 is 4.33. The summed E-state index contributed by atoms with van der Waals surface area (Å²) in [6.07, 6.45) is 1.58. The van der Waals surface area contributed by atoms with Crippen molar-refractivity contribution in [3.05, 3.63) is 29.6 Å². The van der Waals surface area contributed by atoms with E-state index in [1.807, 2.05) is 13.0 Å². The number of amides is 1. The van der Waals surface area contributed by atoms with Gasteiger partial charge in [0.25, 0.3) is 5.91 Å². The molecular weight excluding hydrogens is 210 g/mol. The zero-order chi connectivity index (χ0) is 11.5. The van der Waals surface area contributed by atoms with E-state index in [1.54, 1.807) is 12.3 Å². The number of hydrogen-bond donors (Lipinski definition) is 2. The third-order valence-corrected chi connectivity index (χ3v) is 1.97. The van der Waals surface area contributed by atoms with E-state index in [0.717, 1.165) is 5.56 Å². The van der Waals surface area contributed by atoms with Gasteiger partial charge in [-0.15, -0.1) is 0 Å². The van der Waals surface area contributed by atoms with Crippen LogP contribution in [-0.4, -0.2) is 21.2 Å². The van der Waals surface area contributed by atoms with Crippen molar-refractivity contribution >= 4 is 17.5 Å². The van der Waals surface area contributed by atoms with Crippen LogP contribution in [-0.2, 0) is 0 Å². The second-order valence-electron chi connectivity index (χ2n) is 3.12. The van der Waals surface area contributed by atoms with Crippen molar-refractivity contribution in [2.24, 2.45) is 0 Å². The van der Waals surface area contributed by atoms with Gasteiger partial charge in [0.05, 0.1) is 0 Å². The third kappa shape index (κ3) is 1.83. The van der Waals surface area contributed by atoms with Crippen molar-refractivity contribution in [2.45, 2.75) is 6.92 Å². The van der Waals surface area contributed by atoms with E-state index in [2.05, 4.69) is 25.2 Å². The summed E-state index contributed by atoms with van der Waals surface area (Å²) in [6.45, 7) is 1.83. The zero-order valence-corrected chi connectivity index (χ0v) is 8.47. The standard InChI is InChI=1S/C9H9N5O2/c1-5-3-2-4-11-8(5)12-9(15)6-7(10)14-16-13-6/h2-4H,1H3,(H2,10,14)(H,11,12,15). The summed E-state index contributed by atoms with van der Waals surface area (Å²) in [4.78, 5) is 15.7. The molecule has 3 N–H and O–H groups in total. The highest BCUT2D eigenvalue weighted by molar-refractivity contribution is 6.05. The Morgan fingerprint density at radius 1 is 1.50 bits per heavy atom. The number of hydrogen-bond acceptors (Lipinski definition) is 6. The number of nitrogens with one attached hydrogen (secondary N) is 1. The molecule has 1 amide bonds. The molecule has 0 bridgehead atoms. The molecule has 0 unspecified atom stereocenters. The van der Waals surface area contributed by atoms with Gasteiger partial charge in [0, 0.05) is 6.20 Å². The third-order valence-electron chi connectivity index (χ3n) is 1.97. The van der Waals surface area contributed by atoms with Crippen molar-refractivity contribution < 1.29 is 9.42 Å². The van der Waals surface area contributed by atoms with Crippen LogP contribution in [0.1, 0.15) is 16.1 Å². The first-order chi connectivity index (χ1) is 7.68. The highest BCUT2D eigenvalue weighted by Crippen LogP contribution is 2.12. The molecule has 0 aliphatic rings. The van der Waals surface area contributed by atoms with Crippen LogP contribution in [0.3, 0.4) is 0 Å². The minimum absolute atomic E-state index is 0.0499. The fraction of sp³-hybridized carbons (Fsp3) is 0.111. The summed E-state index contributed by atoms with van der Waals surface area (Å²) in [5, 5.41) is 9.26. The van der Waals surface area contributed by atoms with E-state index in [0.29, 0.717) is 5.82 Å². The van der Waals surface area contributed by atoms with Crippen molar-refractivity contribution in [1.29, 1.82) is 0 Å². The lowest BCUT2D eigenvalue weighted by atomic mass is 10.3. The summed E-state index contributed by atoms with van der Waals surface area (Å²) >= 11 is 0. The molecule has 0 atom stereocenters. The number of nitrogens with two attached hydrogens (primary N) is 1. The van der Waals surface area contributed by atoms with Crippen LogP contribution in [0.4, 0.5) is 11.6 Å². The molecule has 16 heavy (non-hydrogen) atoms. The number of aryl methyl sites for hydroxylation is 1. The largest absolute Gasteiger partial charge is 0.379 e. The van der Waals surface area contributed by atoms with Gasteiger partial charge in [-0.2, -0.15) is 0 Å². The van der Waals surface area contributed by atoms with Gasteiger partial charge < -0.3 is 11.1 Å². The Morgan fingerprint density at radius 3 is 2.94 bits per heavy atom. The Labute approximate surface area is 90.6 Å². The molecule has 0 saturated heterocycles. The first-order valence-corrected chi connectivity index (χ1v) is 4.49. The second-order valence-corrected chi connectivity index (χ2v) is 3.12. The number of anilines is 2. The monoisotopic (exact) mass is 219 g/mol. The highest BCUT2D eigenvalue weighted by Gasteiger charge is 2.16. The van der Waals surface area contributed by atoms with E-state index in [-0.39, 0.29) is 11.5 Å². The quantitative estimate of drug-likeness (QED) is 0.766. The molecule has 2 aromatic heterocycles. The number of nitrogens with zero attached hydrogens (tertiary/aromatic N) is 3. The van der Waals surface area contributed by atoms with E-state index in [1.165, 1.54) is 0 Å². The van der Waals surface area contributed by atoms with Crippen molar-refractivity contribution in [3.8, 4) is 0 Å². The van der Waals surface area contributed by atoms with Crippen LogP contribution in [0.5, 0.6) is 0 Å². The summed E-state index contributed by atoms with van der Waals surface area (Å²) in [5.74, 6) is -0.0958. The minimum atomic E-state index is -0.499. The molecule has 82 valence electrons. The predicted molar refractivity (Wildman–Crippen MR) is 55.6 cm³/mol. The van der Waals surface area contributed by atoms with Gasteiger partial charge >= 0.3 is 0 Å². The molecule has 2 aromatic rings. The van der Waals surface area contributed by atoms with Gasteiger partial charge in [0.15, 0.2) is 0 Å². The fourth-order valence-corrected chi connectivity index (χ4v) is 1.14. The second kappa shape index (κ2) is 3.97. The molecule has 0 aromatic carbocycles. The Hall–Kier alpha value is -2.44. The van der Waals surface area contributed by atoms with E-state index < -0.39 is 5.91 Å². The number of carbonyl (C=O) groups excluding carboxylic acids is 1. The zero-order valence-electron chi connectivity index (χ0n) is 8.47. The number of carbonyl (C=O) groups is 1. The van der Waals surface area contributed by atoms with Gasteiger partial charge in [-0.1, -0.05) is 6.07 Å². The summed E-state index contributed by atoms with van der Waals surface area (Å²) in [6, 6.07) is 3.60. The average molecular weight is 219 g/mol. The maximum atomic E-state index is 11.7. The van der Waals surface area contributed by atoms with Gasteiger partial charge in [0.1, 0.15) is 5.82 Å². The highest BCUT2D eigenvalue weighted by atomic mass is 16.6. The number of nitrogen functional groups attached to an aromatic ring is 1. The SMILES string of the molecule is Cc1cccnc1NC(=O)c1nonc1N. The molecule has 0 spiro atoms. The van der Waals surface area contributed by atoms with Crippen molar-refractivity contribution in [2.75, 3.05) is 11.1 Å². The van der Waals surface area contributed by atoms with Gasteiger partial charge in [0.2, 0.25) is 11.5 Å². The van der Waals surface area contributed by atoms with Crippen LogP contribution < -0.4 is 11.1 Å². The van der Waals surface area contributed by atoms with E-state index in [9.17, 15) is 4.79 Å². The molecular formula is C9H9N5O2. The molecule has 7 nitrogen and oxygen atoms in total. The lowest BCUT2D eigenvalue weighted by Crippen LogP contribution is -2.15. The van der Waals surface area contributed by atoms with Crippen LogP contribution in [0.25, 0.3) is 0 Å². The number of rotatable bonds is 2. The maximum Gasteiger partial charge on any atom is 0.282 e. The maximum absolute atomic E-state index is 11.7. The fourth-order valence-electron chi connectivity index (χ4n) is 1.14. The van der Waals surface area contributed by atoms with Crippen LogP contribution >= 0.6 is 0 Å². The molecule has 0 radical (unpaired) electrons. The summed E-state index contributed by atoms with van der Waals surface area (Å²) in [5.41, 5.74) is 6.17. The van der Waals surface area contributed by atoms with Gasteiger partial charge in [-0.05, 0) is 28.9 Å². The Bertz CT molecular complexity index is 522. The van der Waals surface area contributed by atoms with Crippen LogP contribution in [0.15, 0.2) is 23.0 Å². The minimum Gasteiger partial charge on any atom is -0.379 e. The molecule has 7 heteroatoms.